The fourth-order valence-corrected chi connectivity index (χ4v) is 1.49. The van der Waals surface area contributed by atoms with E-state index in [9.17, 15) is 0 Å². The molecule has 0 bridgehead atoms. The third-order valence-corrected chi connectivity index (χ3v) is 2.33. The number of rotatable bonds is 4. The minimum atomic E-state index is -0.0933. The van der Waals surface area contributed by atoms with Gasteiger partial charge < -0.3 is 14.8 Å². The average Bonchev–Trinajstić information content (AvgIpc) is 2.84. The highest BCUT2D eigenvalue weighted by atomic mass is 16.4. The van der Waals surface area contributed by atoms with Crippen LogP contribution in [-0.2, 0) is 13.2 Å². The lowest BCUT2D eigenvalue weighted by Gasteiger charge is -2.04. The van der Waals surface area contributed by atoms with Crippen molar-refractivity contribution in [2.45, 2.75) is 13.2 Å². The van der Waals surface area contributed by atoms with Crippen molar-refractivity contribution < 1.29 is 9.52 Å². The Morgan fingerprint density at radius 2 is 2.06 bits per heavy atom. The van der Waals surface area contributed by atoms with Gasteiger partial charge in [0.1, 0.15) is 18.1 Å². The lowest BCUT2D eigenvalue weighted by Crippen LogP contribution is -1.98. The Hall–Kier alpha value is -2.25. The van der Waals surface area contributed by atoms with Crippen LogP contribution in [-0.4, -0.2) is 5.11 Å². The molecule has 4 nitrogen and oxygen atoms in total. The van der Waals surface area contributed by atoms with Crippen molar-refractivity contribution in [1.82, 2.24) is 0 Å². The van der Waals surface area contributed by atoms with E-state index >= 15 is 0 Å². The molecule has 0 fully saturated rings. The molecule has 1 aromatic carbocycles. The van der Waals surface area contributed by atoms with E-state index in [1.54, 1.807) is 18.2 Å². The average molecular weight is 228 g/mol. The number of hydrogen-bond donors (Lipinski definition) is 2. The molecule has 1 heterocycles. The number of nitrogens with one attached hydrogen (secondary N) is 1. The van der Waals surface area contributed by atoms with Crippen LogP contribution in [0.1, 0.15) is 17.1 Å². The van der Waals surface area contributed by atoms with Crippen LogP contribution >= 0.6 is 0 Å². The van der Waals surface area contributed by atoms with Crippen molar-refractivity contribution in [1.29, 1.82) is 5.26 Å². The van der Waals surface area contributed by atoms with E-state index in [0.717, 1.165) is 11.4 Å². The fourth-order valence-electron chi connectivity index (χ4n) is 1.49. The molecule has 0 saturated carbocycles. The number of nitrogens with zero attached hydrogens (tertiary/aromatic N) is 1. The van der Waals surface area contributed by atoms with Crippen LogP contribution in [0.2, 0.25) is 0 Å². The van der Waals surface area contributed by atoms with Gasteiger partial charge in [-0.2, -0.15) is 5.26 Å². The maximum absolute atomic E-state index is 8.85. The zero-order valence-electron chi connectivity index (χ0n) is 9.18. The SMILES string of the molecule is N#Cc1cccc(NCc2ccc(CO)o2)c1. The first-order valence-corrected chi connectivity index (χ1v) is 5.24. The van der Waals surface area contributed by atoms with Crippen LogP contribution in [0.5, 0.6) is 0 Å². The molecule has 0 unspecified atom stereocenters. The first-order valence-electron chi connectivity index (χ1n) is 5.24. The summed E-state index contributed by atoms with van der Waals surface area (Å²) in [6.07, 6.45) is 0. The predicted octanol–water partition coefficient (Wildman–Crippen LogP) is 2.26. The Morgan fingerprint density at radius 1 is 1.24 bits per heavy atom. The topological polar surface area (TPSA) is 69.2 Å². The van der Waals surface area contributed by atoms with Gasteiger partial charge in [-0.05, 0) is 30.3 Å². The van der Waals surface area contributed by atoms with Gasteiger partial charge >= 0.3 is 0 Å². The molecule has 0 aliphatic rings. The van der Waals surface area contributed by atoms with Gasteiger partial charge in [-0.15, -0.1) is 0 Å². The molecule has 2 N–H and O–H groups in total. The molecule has 2 aromatic rings. The van der Waals surface area contributed by atoms with Gasteiger partial charge in [-0.1, -0.05) is 6.07 Å². The summed E-state index contributed by atoms with van der Waals surface area (Å²) >= 11 is 0. The third kappa shape index (κ3) is 2.86. The van der Waals surface area contributed by atoms with E-state index in [1.807, 2.05) is 18.2 Å². The maximum atomic E-state index is 8.85. The zero-order valence-corrected chi connectivity index (χ0v) is 9.18. The summed E-state index contributed by atoms with van der Waals surface area (Å²) in [4.78, 5) is 0. The third-order valence-electron chi connectivity index (χ3n) is 2.33. The molecule has 0 aliphatic carbocycles. The van der Waals surface area contributed by atoms with Crippen LogP contribution in [0, 0.1) is 11.3 Å². The number of aliphatic hydroxyl groups excluding tert-OH is 1. The Labute approximate surface area is 99.1 Å². The van der Waals surface area contributed by atoms with E-state index in [2.05, 4.69) is 11.4 Å². The van der Waals surface area contributed by atoms with Crippen LogP contribution in [0.3, 0.4) is 0 Å². The normalized spacial score (nSPS) is 9.88. The second kappa shape index (κ2) is 5.19. The molecule has 0 aliphatic heterocycles. The van der Waals surface area contributed by atoms with Gasteiger partial charge in [0.15, 0.2) is 0 Å². The Morgan fingerprint density at radius 3 is 2.76 bits per heavy atom. The van der Waals surface area contributed by atoms with E-state index in [0.29, 0.717) is 17.9 Å². The van der Waals surface area contributed by atoms with Crippen molar-refractivity contribution in [2.75, 3.05) is 5.32 Å². The Kier molecular flexibility index (Phi) is 3.43. The highest BCUT2D eigenvalue weighted by Gasteiger charge is 2.01. The highest BCUT2D eigenvalue weighted by molar-refractivity contribution is 5.49. The van der Waals surface area contributed by atoms with Crippen molar-refractivity contribution in [3.05, 3.63) is 53.5 Å². The van der Waals surface area contributed by atoms with Crippen molar-refractivity contribution in [2.24, 2.45) is 0 Å². The fraction of sp³-hybridized carbons (Fsp3) is 0.154. The Bertz CT molecular complexity index is 540. The highest BCUT2D eigenvalue weighted by Crippen LogP contribution is 2.13. The number of benzene rings is 1. The van der Waals surface area contributed by atoms with Gasteiger partial charge in [-0.3, -0.25) is 0 Å². The molecular weight excluding hydrogens is 216 g/mol. The number of aliphatic hydroxyl groups is 1. The number of furan rings is 1. The summed E-state index contributed by atoms with van der Waals surface area (Å²) < 4.78 is 5.33. The molecule has 2 rings (SSSR count). The van der Waals surface area contributed by atoms with Crippen molar-refractivity contribution in [3.63, 3.8) is 0 Å². The first-order chi connectivity index (χ1) is 8.31. The van der Waals surface area contributed by atoms with Crippen molar-refractivity contribution in [3.8, 4) is 6.07 Å². The molecule has 86 valence electrons. The van der Waals surface area contributed by atoms with Crippen LogP contribution < -0.4 is 5.32 Å². The summed E-state index contributed by atoms with van der Waals surface area (Å²) in [6.45, 7) is 0.429. The molecule has 0 radical (unpaired) electrons. The smallest absolute Gasteiger partial charge is 0.129 e. The molecule has 0 saturated heterocycles. The number of hydrogen-bond acceptors (Lipinski definition) is 4. The van der Waals surface area contributed by atoms with Crippen LogP contribution in [0.15, 0.2) is 40.8 Å². The van der Waals surface area contributed by atoms with E-state index in [-0.39, 0.29) is 6.61 Å². The lowest BCUT2D eigenvalue weighted by molar-refractivity contribution is 0.244. The minimum absolute atomic E-state index is 0.0933. The molecule has 0 amide bonds. The number of nitriles is 1. The van der Waals surface area contributed by atoms with Crippen LogP contribution in [0.25, 0.3) is 0 Å². The summed E-state index contributed by atoms with van der Waals surface area (Å²) in [5.74, 6) is 1.30. The van der Waals surface area contributed by atoms with Gasteiger partial charge in [0, 0.05) is 5.69 Å². The number of anilines is 1. The summed E-state index contributed by atoms with van der Waals surface area (Å²) in [7, 11) is 0. The quantitative estimate of drug-likeness (QED) is 0.842. The van der Waals surface area contributed by atoms with Gasteiger partial charge in [0.05, 0.1) is 18.2 Å². The monoisotopic (exact) mass is 228 g/mol. The summed E-state index contributed by atoms with van der Waals surface area (Å²) in [6, 6.07) is 12.9. The standard InChI is InChI=1S/C13H12N2O2/c14-7-10-2-1-3-11(6-10)15-8-12-4-5-13(9-16)17-12/h1-6,15-16H,8-9H2. The summed E-state index contributed by atoms with van der Waals surface area (Å²) in [5, 5.41) is 20.8. The minimum Gasteiger partial charge on any atom is -0.462 e. The van der Waals surface area contributed by atoms with E-state index in [4.69, 9.17) is 14.8 Å². The van der Waals surface area contributed by atoms with Gasteiger partial charge in [0.2, 0.25) is 0 Å². The van der Waals surface area contributed by atoms with Gasteiger partial charge in [0.25, 0.3) is 0 Å². The second-order valence-corrected chi connectivity index (χ2v) is 3.57. The maximum Gasteiger partial charge on any atom is 0.129 e. The second-order valence-electron chi connectivity index (χ2n) is 3.57. The van der Waals surface area contributed by atoms with E-state index < -0.39 is 0 Å². The van der Waals surface area contributed by atoms with E-state index in [1.165, 1.54) is 0 Å². The molecule has 1 aromatic heterocycles. The van der Waals surface area contributed by atoms with Crippen LogP contribution in [0.4, 0.5) is 5.69 Å². The zero-order chi connectivity index (χ0) is 12.1. The molecule has 0 spiro atoms. The van der Waals surface area contributed by atoms with Gasteiger partial charge in [-0.25, -0.2) is 0 Å². The molecule has 0 atom stereocenters. The molecular formula is C13H12N2O2. The first kappa shape index (κ1) is 11.2. The largest absolute Gasteiger partial charge is 0.462 e. The molecule has 4 heteroatoms. The summed E-state index contributed by atoms with van der Waals surface area (Å²) in [5.41, 5.74) is 1.48. The molecule has 17 heavy (non-hydrogen) atoms. The Balaban J connectivity index is 1.99. The predicted molar refractivity (Wildman–Crippen MR) is 63.1 cm³/mol. The lowest BCUT2D eigenvalue weighted by atomic mass is 10.2. The van der Waals surface area contributed by atoms with Crippen molar-refractivity contribution >= 4 is 5.69 Å².